The first-order chi connectivity index (χ1) is 21.4. The quantitative estimate of drug-likeness (QED) is 0.174. The van der Waals surface area contributed by atoms with Gasteiger partial charge in [-0.2, -0.15) is 0 Å². The molecule has 3 aromatic carbocycles. The Kier molecular flexibility index (Phi) is 13.5. The third-order valence-electron chi connectivity index (χ3n) is 7.57. The highest BCUT2D eigenvalue weighted by Gasteiger charge is 2.37. The summed E-state index contributed by atoms with van der Waals surface area (Å²) in [5.74, 6) is -0.738. The molecule has 0 bridgehead atoms. The third kappa shape index (κ3) is 10.9. The Labute approximate surface area is 273 Å². The Balaban J connectivity index is 2.09. The van der Waals surface area contributed by atoms with Gasteiger partial charge in [-0.05, 0) is 69.4 Å². The van der Waals surface area contributed by atoms with Crippen molar-refractivity contribution in [2.45, 2.75) is 97.8 Å². The van der Waals surface area contributed by atoms with Crippen molar-refractivity contribution in [2.75, 3.05) is 11.9 Å². The number of benzene rings is 3. The molecule has 7 nitrogen and oxygen atoms in total. The maximum absolute atomic E-state index is 14.7. The minimum absolute atomic E-state index is 0.233. The number of unbranched alkanes of at least 4 members (excludes halogenated alkanes) is 4. The number of aryl methyl sites for hydroxylation is 2. The van der Waals surface area contributed by atoms with Gasteiger partial charge in [0.25, 0.3) is 5.91 Å². The van der Waals surface area contributed by atoms with Crippen molar-refractivity contribution in [3.8, 4) is 0 Å². The maximum Gasteiger partial charge on any atom is 0.408 e. The predicted molar refractivity (Wildman–Crippen MR) is 183 cm³/mol. The second-order valence-corrected chi connectivity index (χ2v) is 12.9. The van der Waals surface area contributed by atoms with Crippen LogP contribution in [0, 0.1) is 13.8 Å². The Morgan fingerprint density at radius 3 is 2.13 bits per heavy atom. The molecule has 3 rings (SSSR count). The summed E-state index contributed by atoms with van der Waals surface area (Å²) >= 11 is 6.52. The van der Waals surface area contributed by atoms with E-state index in [1.165, 1.54) is 0 Å². The molecule has 2 atom stereocenters. The van der Waals surface area contributed by atoms with E-state index in [-0.39, 0.29) is 18.2 Å². The van der Waals surface area contributed by atoms with E-state index in [9.17, 15) is 14.4 Å². The molecule has 0 aliphatic heterocycles. The molecule has 0 aliphatic carbocycles. The SMILES string of the molecule is CCCCCCCN(C(=O)C(Cc1ccccc1)NC(=O)OC(C)(C)C)C(C(=O)Nc1c(C)cccc1Cl)c1ccccc1C. The number of nitrogens with zero attached hydrogens (tertiary/aromatic N) is 1. The number of halogens is 1. The average Bonchev–Trinajstić information content (AvgIpc) is 2.98. The highest BCUT2D eigenvalue weighted by molar-refractivity contribution is 6.34. The number of para-hydroxylation sites is 1. The summed E-state index contributed by atoms with van der Waals surface area (Å²) in [6, 6.07) is 20.6. The summed E-state index contributed by atoms with van der Waals surface area (Å²) < 4.78 is 5.56. The number of ether oxygens (including phenoxy) is 1. The first-order valence-corrected chi connectivity index (χ1v) is 16.2. The molecule has 0 spiro atoms. The molecular weight excluding hydrogens is 586 g/mol. The van der Waals surface area contributed by atoms with E-state index >= 15 is 0 Å². The maximum atomic E-state index is 14.7. The zero-order chi connectivity index (χ0) is 33.0. The number of amides is 3. The minimum Gasteiger partial charge on any atom is -0.444 e. The summed E-state index contributed by atoms with van der Waals surface area (Å²) in [7, 11) is 0. The zero-order valence-electron chi connectivity index (χ0n) is 27.5. The van der Waals surface area contributed by atoms with Crippen LogP contribution in [0.25, 0.3) is 0 Å². The molecule has 0 heterocycles. The second-order valence-electron chi connectivity index (χ2n) is 12.5. The Bertz CT molecular complexity index is 1400. The number of nitrogens with one attached hydrogen (secondary N) is 2. The second kappa shape index (κ2) is 17.0. The van der Waals surface area contributed by atoms with Crippen LogP contribution >= 0.6 is 11.6 Å². The van der Waals surface area contributed by atoms with Crippen LogP contribution in [0.5, 0.6) is 0 Å². The fourth-order valence-electron chi connectivity index (χ4n) is 5.28. The van der Waals surface area contributed by atoms with Gasteiger partial charge in [-0.3, -0.25) is 9.59 Å². The van der Waals surface area contributed by atoms with Gasteiger partial charge in [0, 0.05) is 13.0 Å². The van der Waals surface area contributed by atoms with Gasteiger partial charge in [0.2, 0.25) is 5.91 Å². The lowest BCUT2D eigenvalue weighted by atomic mass is 9.96. The summed E-state index contributed by atoms with van der Waals surface area (Å²) in [6.45, 7) is 11.6. The summed E-state index contributed by atoms with van der Waals surface area (Å²) in [5, 5.41) is 6.28. The average molecular weight is 634 g/mol. The number of carbonyl (C=O) groups excluding carboxylic acids is 3. The van der Waals surface area contributed by atoms with Crippen molar-refractivity contribution in [3.63, 3.8) is 0 Å². The van der Waals surface area contributed by atoms with Gasteiger partial charge in [0.15, 0.2) is 0 Å². The van der Waals surface area contributed by atoms with E-state index in [1.54, 1.807) is 31.7 Å². The van der Waals surface area contributed by atoms with Crippen LogP contribution in [0.1, 0.15) is 88.1 Å². The lowest BCUT2D eigenvalue weighted by Crippen LogP contribution is -2.53. The Morgan fingerprint density at radius 1 is 0.844 bits per heavy atom. The summed E-state index contributed by atoms with van der Waals surface area (Å²) in [4.78, 5) is 43.8. The monoisotopic (exact) mass is 633 g/mol. The number of carbonyl (C=O) groups is 3. The topological polar surface area (TPSA) is 87.7 Å². The van der Waals surface area contributed by atoms with Gasteiger partial charge in [-0.1, -0.05) is 111 Å². The van der Waals surface area contributed by atoms with E-state index in [4.69, 9.17) is 16.3 Å². The highest BCUT2D eigenvalue weighted by atomic mass is 35.5. The smallest absolute Gasteiger partial charge is 0.408 e. The number of rotatable bonds is 14. The number of hydrogen-bond donors (Lipinski definition) is 2. The molecule has 2 N–H and O–H groups in total. The van der Waals surface area contributed by atoms with E-state index in [1.807, 2.05) is 80.6 Å². The lowest BCUT2D eigenvalue weighted by Gasteiger charge is -2.35. The lowest BCUT2D eigenvalue weighted by molar-refractivity contribution is -0.140. The Hall–Kier alpha value is -3.84. The molecular formula is C37H48ClN3O4. The molecule has 3 aromatic rings. The molecule has 0 aromatic heterocycles. The van der Waals surface area contributed by atoms with Crippen molar-refractivity contribution in [2.24, 2.45) is 0 Å². The number of anilines is 1. The van der Waals surface area contributed by atoms with Crippen LogP contribution in [-0.4, -0.2) is 41.0 Å². The van der Waals surface area contributed by atoms with E-state index in [0.29, 0.717) is 29.2 Å². The molecule has 0 saturated heterocycles. The molecule has 242 valence electrons. The van der Waals surface area contributed by atoms with Crippen molar-refractivity contribution in [1.82, 2.24) is 10.2 Å². The minimum atomic E-state index is -0.973. The molecule has 2 unspecified atom stereocenters. The van der Waals surface area contributed by atoms with Crippen LogP contribution in [-0.2, 0) is 20.7 Å². The number of hydrogen-bond acceptors (Lipinski definition) is 4. The van der Waals surface area contributed by atoms with Crippen LogP contribution in [0.3, 0.4) is 0 Å². The van der Waals surface area contributed by atoms with Gasteiger partial charge in [0.1, 0.15) is 17.7 Å². The van der Waals surface area contributed by atoms with Crippen molar-refractivity contribution in [3.05, 3.63) is 100 Å². The van der Waals surface area contributed by atoms with Crippen LogP contribution in [0.2, 0.25) is 5.02 Å². The van der Waals surface area contributed by atoms with Gasteiger partial charge < -0.3 is 20.3 Å². The first-order valence-electron chi connectivity index (χ1n) is 15.9. The van der Waals surface area contributed by atoms with E-state index < -0.39 is 23.8 Å². The highest BCUT2D eigenvalue weighted by Crippen LogP contribution is 2.31. The summed E-state index contributed by atoms with van der Waals surface area (Å²) in [5.41, 5.74) is 3.02. The van der Waals surface area contributed by atoms with Crippen molar-refractivity contribution in [1.29, 1.82) is 0 Å². The zero-order valence-corrected chi connectivity index (χ0v) is 28.2. The molecule has 8 heteroatoms. The van der Waals surface area contributed by atoms with Crippen molar-refractivity contribution < 1.29 is 19.1 Å². The van der Waals surface area contributed by atoms with E-state index in [2.05, 4.69) is 17.6 Å². The number of alkyl carbamates (subject to hydrolysis) is 1. The standard InChI is InChI=1S/C37H48ClN3O4/c1-7-8-9-10-16-24-41(35(43)31(25-28-20-12-11-13-21-28)39-36(44)45-37(4,5)6)33(29-22-15-14-18-26(29)2)34(42)40-32-27(3)19-17-23-30(32)38/h11-15,17-23,31,33H,7-10,16,24-25H2,1-6H3,(H,39,44)(H,40,42). The largest absolute Gasteiger partial charge is 0.444 e. The third-order valence-corrected chi connectivity index (χ3v) is 7.89. The van der Waals surface area contributed by atoms with Gasteiger partial charge in [0.05, 0.1) is 10.7 Å². The van der Waals surface area contributed by atoms with Crippen LogP contribution in [0.4, 0.5) is 10.5 Å². The van der Waals surface area contributed by atoms with Crippen LogP contribution < -0.4 is 10.6 Å². The summed E-state index contributed by atoms with van der Waals surface area (Å²) in [6.07, 6.45) is 4.37. The fourth-order valence-corrected chi connectivity index (χ4v) is 5.55. The molecule has 0 fully saturated rings. The fraction of sp³-hybridized carbons (Fsp3) is 0.432. The molecule has 0 saturated carbocycles. The van der Waals surface area contributed by atoms with E-state index in [0.717, 1.165) is 42.4 Å². The van der Waals surface area contributed by atoms with Gasteiger partial charge >= 0.3 is 6.09 Å². The Morgan fingerprint density at radius 2 is 1.49 bits per heavy atom. The van der Waals surface area contributed by atoms with Crippen molar-refractivity contribution >= 4 is 35.2 Å². The normalized spacial score (nSPS) is 12.6. The molecule has 0 radical (unpaired) electrons. The van der Waals surface area contributed by atoms with Gasteiger partial charge in [-0.15, -0.1) is 0 Å². The predicted octanol–water partition coefficient (Wildman–Crippen LogP) is 8.57. The van der Waals surface area contributed by atoms with Crippen LogP contribution in [0.15, 0.2) is 72.8 Å². The van der Waals surface area contributed by atoms with Gasteiger partial charge in [-0.25, -0.2) is 4.79 Å². The molecule has 0 aliphatic rings. The molecule has 3 amide bonds. The molecule has 45 heavy (non-hydrogen) atoms. The first kappa shape index (κ1) is 35.6.